The standard InChI is InChI=1S/C14H14O2/c1-4-5-9(2)11-6-7-12-13(8-11)10(3)16-14(12)15/h6-8H,2-5H2,1H3. The van der Waals surface area contributed by atoms with E-state index in [0.717, 1.165) is 29.5 Å². The molecule has 0 spiro atoms. The smallest absolute Gasteiger partial charge is 0.344 e. The fourth-order valence-corrected chi connectivity index (χ4v) is 1.84. The van der Waals surface area contributed by atoms with Gasteiger partial charge in [0.25, 0.3) is 0 Å². The van der Waals surface area contributed by atoms with Crippen LogP contribution in [0.3, 0.4) is 0 Å². The Morgan fingerprint density at radius 2 is 2.12 bits per heavy atom. The van der Waals surface area contributed by atoms with Gasteiger partial charge in [-0.25, -0.2) is 4.79 Å². The zero-order chi connectivity index (χ0) is 11.7. The quantitative estimate of drug-likeness (QED) is 0.718. The van der Waals surface area contributed by atoms with Gasteiger partial charge in [-0.1, -0.05) is 32.6 Å². The lowest BCUT2D eigenvalue weighted by Crippen LogP contribution is -1.93. The third-order valence-corrected chi connectivity index (χ3v) is 2.72. The summed E-state index contributed by atoms with van der Waals surface area (Å²) < 4.78 is 4.96. The van der Waals surface area contributed by atoms with Gasteiger partial charge in [0.05, 0.1) is 5.56 Å². The molecule has 0 saturated heterocycles. The molecule has 1 aromatic carbocycles. The third kappa shape index (κ3) is 1.67. The zero-order valence-corrected chi connectivity index (χ0v) is 9.38. The average molecular weight is 214 g/mol. The number of carbonyl (C=O) groups is 1. The Morgan fingerprint density at radius 3 is 2.81 bits per heavy atom. The summed E-state index contributed by atoms with van der Waals surface area (Å²) in [5, 5.41) is 0. The number of rotatable bonds is 3. The van der Waals surface area contributed by atoms with Gasteiger partial charge in [0.15, 0.2) is 0 Å². The molecule has 2 nitrogen and oxygen atoms in total. The number of ether oxygens (including phenoxy) is 1. The molecule has 16 heavy (non-hydrogen) atoms. The topological polar surface area (TPSA) is 26.3 Å². The lowest BCUT2D eigenvalue weighted by atomic mass is 9.98. The van der Waals surface area contributed by atoms with Crippen molar-refractivity contribution in [1.82, 2.24) is 0 Å². The normalized spacial score (nSPS) is 13.6. The maximum atomic E-state index is 11.4. The second-order valence-corrected chi connectivity index (χ2v) is 3.93. The van der Waals surface area contributed by atoms with E-state index in [2.05, 4.69) is 20.1 Å². The highest BCUT2D eigenvalue weighted by Crippen LogP contribution is 2.31. The van der Waals surface area contributed by atoms with Crippen LogP contribution < -0.4 is 0 Å². The van der Waals surface area contributed by atoms with Crippen LogP contribution >= 0.6 is 0 Å². The van der Waals surface area contributed by atoms with E-state index in [-0.39, 0.29) is 5.97 Å². The highest BCUT2D eigenvalue weighted by atomic mass is 16.5. The van der Waals surface area contributed by atoms with Crippen molar-refractivity contribution in [2.24, 2.45) is 0 Å². The van der Waals surface area contributed by atoms with Crippen LogP contribution in [0.5, 0.6) is 0 Å². The number of hydrogen-bond acceptors (Lipinski definition) is 2. The number of allylic oxidation sites excluding steroid dienone is 1. The first-order chi connectivity index (χ1) is 7.63. The summed E-state index contributed by atoms with van der Waals surface area (Å²) in [6, 6.07) is 5.63. The number of cyclic esters (lactones) is 1. The summed E-state index contributed by atoms with van der Waals surface area (Å²) in [6.07, 6.45) is 2.02. The lowest BCUT2D eigenvalue weighted by Gasteiger charge is -2.05. The Hall–Kier alpha value is -1.83. The lowest BCUT2D eigenvalue weighted by molar-refractivity contribution is 0.0716. The molecule has 0 N–H and O–H groups in total. The zero-order valence-electron chi connectivity index (χ0n) is 9.38. The van der Waals surface area contributed by atoms with Crippen LogP contribution in [-0.2, 0) is 4.74 Å². The molecule has 0 unspecified atom stereocenters. The van der Waals surface area contributed by atoms with Crippen LogP contribution in [0.25, 0.3) is 11.3 Å². The molecule has 82 valence electrons. The Morgan fingerprint density at radius 1 is 1.38 bits per heavy atom. The molecule has 0 amide bonds. The minimum Gasteiger partial charge on any atom is -0.423 e. The summed E-state index contributed by atoms with van der Waals surface area (Å²) in [6.45, 7) is 9.86. The Labute approximate surface area is 95.2 Å². The second-order valence-electron chi connectivity index (χ2n) is 3.93. The predicted molar refractivity (Wildman–Crippen MR) is 64.8 cm³/mol. The van der Waals surface area contributed by atoms with E-state index in [1.807, 2.05) is 12.1 Å². The fourth-order valence-electron chi connectivity index (χ4n) is 1.84. The molecular formula is C14H14O2. The maximum Gasteiger partial charge on any atom is 0.344 e. The summed E-state index contributed by atoms with van der Waals surface area (Å²) >= 11 is 0. The molecule has 0 saturated carbocycles. The van der Waals surface area contributed by atoms with Crippen molar-refractivity contribution in [1.29, 1.82) is 0 Å². The Bertz CT molecular complexity index is 484. The van der Waals surface area contributed by atoms with Crippen LogP contribution in [0.2, 0.25) is 0 Å². The molecule has 2 heteroatoms. The first-order valence-corrected chi connectivity index (χ1v) is 5.37. The van der Waals surface area contributed by atoms with E-state index in [1.165, 1.54) is 0 Å². The van der Waals surface area contributed by atoms with Crippen molar-refractivity contribution in [3.05, 3.63) is 48.0 Å². The van der Waals surface area contributed by atoms with Crippen LogP contribution in [0.15, 0.2) is 31.4 Å². The summed E-state index contributed by atoms with van der Waals surface area (Å²) in [7, 11) is 0. The molecule has 0 bridgehead atoms. The molecule has 1 aliphatic rings. The Kier molecular flexibility index (Phi) is 2.65. The molecule has 1 heterocycles. The van der Waals surface area contributed by atoms with Gasteiger partial charge in [-0.05, 0) is 29.7 Å². The van der Waals surface area contributed by atoms with Crippen LogP contribution in [0, 0.1) is 0 Å². The summed E-state index contributed by atoms with van der Waals surface area (Å²) in [5.74, 6) is 0.124. The highest BCUT2D eigenvalue weighted by Gasteiger charge is 2.25. The molecule has 0 atom stereocenters. The van der Waals surface area contributed by atoms with Gasteiger partial charge in [0.1, 0.15) is 5.76 Å². The largest absolute Gasteiger partial charge is 0.423 e. The van der Waals surface area contributed by atoms with Crippen LogP contribution in [-0.4, -0.2) is 5.97 Å². The molecule has 0 fully saturated rings. The molecule has 0 aromatic heterocycles. The molecule has 1 aromatic rings. The monoisotopic (exact) mass is 214 g/mol. The summed E-state index contributed by atoms with van der Waals surface area (Å²) in [5.41, 5.74) is 3.52. The van der Waals surface area contributed by atoms with E-state index < -0.39 is 0 Å². The predicted octanol–water partition coefficient (Wildman–Crippen LogP) is 3.64. The number of fused-ring (bicyclic) bond motifs is 1. The molecule has 2 rings (SSSR count). The number of hydrogen-bond donors (Lipinski definition) is 0. The van der Waals surface area contributed by atoms with Gasteiger partial charge in [-0.2, -0.15) is 0 Å². The van der Waals surface area contributed by atoms with Gasteiger partial charge >= 0.3 is 5.97 Å². The van der Waals surface area contributed by atoms with E-state index in [4.69, 9.17) is 4.74 Å². The minimum atomic E-state index is -0.312. The van der Waals surface area contributed by atoms with Crippen molar-refractivity contribution in [3.8, 4) is 0 Å². The minimum absolute atomic E-state index is 0.312. The van der Waals surface area contributed by atoms with E-state index in [9.17, 15) is 4.79 Å². The summed E-state index contributed by atoms with van der Waals surface area (Å²) in [4.78, 5) is 11.4. The van der Waals surface area contributed by atoms with E-state index in [0.29, 0.717) is 11.3 Å². The molecule has 1 aliphatic heterocycles. The van der Waals surface area contributed by atoms with Gasteiger partial charge in [-0.15, -0.1) is 0 Å². The van der Waals surface area contributed by atoms with Crippen LogP contribution in [0.4, 0.5) is 0 Å². The van der Waals surface area contributed by atoms with Crippen molar-refractivity contribution >= 4 is 17.3 Å². The molecule has 0 radical (unpaired) electrons. The Balaban J connectivity index is 2.40. The molecule has 0 aliphatic carbocycles. The number of benzene rings is 1. The fraction of sp³-hybridized carbons (Fsp3) is 0.214. The van der Waals surface area contributed by atoms with Gasteiger partial charge in [-0.3, -0.25) is 0 Å². The van der Waals surface area contributed by atoms with E-state index >= 15 is 0 Å². The van der Waals surface area contributed by atoms with Crippen molar-refractivity contribution in [2.75, 3.05) is 0 Å². The van der Waals surface area contributed by atoms with E-state index in [1.54, 1.807) is 6.07 Å². The van der Waals surface area contributed by atoms with Gasteiger partial charge < -0.3 is 4.74 Å². The number of esters is 1. The van der Waals surface area contributed by atoms with Gasteiger partial charge in [0, 0.05) is 5.56 Å². The van der Waals surface area contributed by atoms with Gasteiger partial charge in [0.2, 0.25) is 0 Å². The van der Waals surface area contributed by atoms with Crippen molar-refractivity contribution in [2.45, 2.75) is 19.8 Å². The molecular weight excluding hydrogens is 200 g/mol. The third-order valence-electron chi connectivity index (χ3n) is 2.72. The maximum absolute atomic E-state index is 11.4. The first-order valence-electron chi connectivity index (χ1n) is 5.37. The number of carbonyl (C=O) groups excluding carboxylic acids is 1. The van der Waals surface area contributed by atoms with Crippen molar-refractivity contribution < 1.29 is 9.53 Å². The van der Waals surface area contributed by atoms with Crippen molar-refractivity contribution in [3.63, 3.8) is 0 Å². The average Bonchev–Trinajstić information content (AvgIpc) is 2.55. The first kappa shape index (κ1) is 10.7. The highest BCUT2D eigenvalue weighted by molar-refractivity contribution is 6.03. The second kappa shape index (κ2) is 3.97. The SMILES string of the molecule is C=C(CCC)c1ccc2c(c1)C(=C)OC2=O. The van der Waals surface area contributed by atoms with Crippen LogP contribution in [0.1, 0.15) is 41.3 Å².